The number of nitrogens with one attached hydrogen (secondary N) is 1. The molecule has 6 heteroatoms. The van der Waals surface area contributed by atoms with E-state index < -0.39 is 5.54 Å². The summed E-state index contributed by atoms with van der Waals surface area (Å²) in [7, 11) is 2.01. The Labute approximate surface area is 212 Å². The van der Waals surface area contributed by atoms with Gasteiger partial charge in [-0.05, 0) is 54.3 Å². The monoisotopic (exact) mass is 480 g/mol. The Balaban J connectivity index is 1.49. The van der Waals surface area contributed by atoms with Gasteiger partial charge in [0, 0.05) is 48.8 Å². The van der Waals surface area contributed by atoms with E-state index in [9.17, 15) is 9.59 Å². The van der Waals surface area contributed by atoms with E-state index in [0.717, 1.165) is 47.0 Å². The number of rotatable bonds is 7. The SMILES string of the molecule is Cn1ccc2cc(NC(=O)C3(N(Cc4cccnc4)C(=O)Cc4ccccc4)CCCCC3)ccc21. The molecule has 2 amide bonds. The van der Waals surface area contributed by atoms with Crippen molar-refractivity contribution in [1.82, 2.24) is 14.5 Å². The number of fused-ring (bicyclic) bond motifs is 1. The Kier molecular flexibility index (Phi) is 6.85. The third-order valence-electron chi connectivity index (χ3n) is 7.33. The molecule has 2 aromatic carbocycles. The second kappa shape index (κ2) is 10.4. The van der Waals surface area contributed by atoms with Crippen molar-refractivity contribution in [3.63, 3.8) is 0 Å². The predicted octanol–water partition coefficient (Wildman–Crippen LogP) is 5.49. The topological polar surface area (TPSA) is 67.2 Å². The first-order valence-electron chi connectivity index (χ1n) is 12.6. The smallest absolute Gasteiger partial charge is 0.250 e. The van der Waals surface area contributed by atoms with Gasteiger partial charge in [0.05, 0.1) is 6.42 Å². The third-order valence-corrected chi connectivity index (χ3v) is 7.33. The molecular formula is C30H32N4O2. The number of hydrogen-bond donors (Lipinski definition) is 1. The van der Waals surface area contributed by atoms with Gasteiger partial charge in [-0.2, -0.15) is 0 Å². The van der Waals surface area contributed by atoms with Gasteiger partial charge in [0.2, 0.25) is 11.8 Å². The maximum atomic E-state index is 14.1. The van der Waals surface area contributed by atoms with E-state index in [-0.39, 0.29) is 18.2 Å². The van der Waals surface area contributed by atoms with Crippen molar-refractivity contribution in [1.29, 1.82) is 0 Å². The van der Waals surface area contributed by atoms with Crippen molar-refractivity contribution in [2.24, 2.45) is 7.05 Å². The van der Waals surface area contributed by atoms with Crippen molar-refractivity contribution in [2.45, 2.75) is 50.6 Å². The molecule has 5 rings (SSSR count). The molecule has 1 aliphatic carbocycles. The van der Waals surface area contributed by atoms with Crippen molar-refractivity contribution in [3.05, 3.63) is 96.4 Å². The molecule has 1 N–H and O–H groups in total. The van der Waals surface area contributed by atoms with Gasteiger partial charge in [0.1, 0.15) is 5.54 Å². The number of carbonyl (C=O) groups is 2. The van der Waals surface area contributed by atoms with Gasteiger partial charge >= 0.3 is 0 Å². The molecule has 0 radical (unpaired) electrons. The molecule has 0 atom stereocenters. The van der Waals surface area contributed by atoms with Crippen LogP contribution in [-0.2, 0) is 29.6 Å². The van der Waals surface area contributed by atoms with Crippen LogP contribution in [0.1, 0.15) is 43.2 Å². The highest BCUT2D eigenvalue weighted by Crippen LogP contribution is 2.37. The normalized spacial score (nSPS) is 14.9. The highest BCUT2D eigenvalue weighted by Gasteiger charge is 2.47. The summed E-state index contributed by atoms with van der Waals surface area (Å²) in [6.45, 7) is 0.352. The van der Waals surface area contributed by atoms with E-state index in [2.05, 4.69) is 14.9 Å². The summed E-state index contributed by atoms with van der Waals surface area (Å²) in [6.07, 6.45) is 9.95. The zero-order valence-electron chi connectivity index (χ0n) is 20.7. The lowest BCUT2D eigenvalue weighted by Gasteiger charge is -2.45. The summed E-state index contributed by atoms with van der Waals surface area (Å²) in [4.78, 5) is 34.1. The molecule has 0 aliphatic heterocycles. The lowest BCUT2D eigenvalue weighted by atomic mass is 9.78. The Morgan fingerprint density at radius 1 is 0.972 bits per heavy atom. The van der Waals surface area contributed by atoms with Crippen LogP contribution < -0.4 is 5.32 Å². The van der Waals surface area contributed by atoms with E-state index in [1.807, 2.05) is 84.9 Å². The first kappa shape index (κ1) is 23.8. The second-order valence-corrected chi connectivity index (χ2v) is 9.75. The van der Waals surface area contributed by atoms with Crippen LogP contribution in [0, 0.1) is 0 Å². The molecule has 184 valence electrons. The summed E-state index contributed by atoms with van der Waals surface area (Å²) >= 11 is 0. The minimum Gasteiger partial charge on any atom is -0.351 e. The Bertz CT molecular complexity index is 1340. The Morgan fingerprint density at radius 3 is 2.50 bits per heavy atom. The lowest BCUT2D eigenvalue weighted by molar-refractivity contribution is -0.148. The van der Waals surface area contributed by atoms with Crippen molar-refractivity contribution in [2.75, 3.05) is 5.32 Å². The van der Waals surface area contributed by atoms with Crippen molar-refractivity contribution in [3.8, 4) is 0 Å². The number of hydrogen-bond acceptors (Lipinski definition) is 3. The molecule has 36 heavy (non-hydrogen) atoms. The van der Waals surface area contributed by atoms with Gasteiger partial charge in [0.25, 0.3) is 0 Å². The molecule has 2 aromatic heterocycles. The zero-order valence-corrected chi connectivity index (χ0v) is 20.7. The van der Waals surface area contributed by atoms with Crippen LogP contribution in [0.5, 0.6) is 0 Å². The van der Waals surface area contributed by atoms with Crippen LogP contribution in [-0.4, -0.2) is 31.8 Å². The highest BCUT2D eigenvalue weighted by atomic mass is 16.2. The molecule has 0 spiro atoms. The number of aryl methyl sites for hydroxylation is 1. The average molecular weight is 481 g/mol. The maximum absolute atomic E-state index is 14.1. The van der Waals surface area contributed by atoms with Crippen LogP contribution in [0.2, 0.25) is 0 Å². The second-order valence-electron chi connectivity index (χ2n) is 9.75. The molecule has 6 nitrogen and oxygen atoms in total. The van der Waals surface area contributed by atoms with E-state index in [4.69, 9.17) is 0 Å². The molecule has 0 bridgehead atoms. The van der Waals surface area contributed by atoms with E-state index in [0.29, 0.717) is 19.4 Å². The van der Waals surface area contributed by atoms with Gasteiger partial charge in [-0.1, -0.05) is 55.7 Å². The molecule has 1 fully saturated rings. The van der Waals surface area contributed by atoms with Gasteiger partial charge in [-0.25, -0.2) is 0 Å². The number of aromatic nitrogens is 2. The molecule has 1 saturated carbocycles. The number of benzene rings is 2. The standard InChI is InChI=1S/C30H32N4O2/c1-33-18-14-25-20-26(12-13-27(25)33)32-29(36)30(15-6-3-7-16-30)34(22-24-11-8-17-31-21-24)28(35)19-23-9-4-2-5-10-23/h2,4-5,8-14,17-18,20-21H,3,6-7,15-16,19,22H2,1H3,(H,32,36). The first-order chi connectivity index (χ1) is 17.5. The van der Waals surface area contributed by atoms with E-state index >= 15 is 0 Å². The van der Waals surface area contributed by atoms with Crippen LogP contribution in [0.3, 0.4) is 0 Å². The van der Waals surface area contributed by atoms with Crippen LogP contribution in [0.25, 0.3) is 10.9 Å². The Morgan fingerprint density at radius 2 is 1.75 bits per heavy atom. The molecule has 4 aromatic rings. The summed E-state index contributed by atoms with van der Waals surface area (Å²) in [5, 5.41) is 4.25. The number of nitrogens with zero attached hydrogens (tertiary/aromatic N) is 3. The quantitative estimate of drug-likeness (QED) is 0.381. The summed E-state index contributed by atoms with van der Waals surface area (Å²) in [5.41, 5.74) is 2.81. The van der Waals surface area contributed by atoms with Gasteiger partial charge in [-0.15, -0.1) is 0 Å². The van der Waals surface area contributed by atoms with Crippen LogP contribution >= 0.6 is 0 Å². The zero-order chi connectivity index (χ0) is 25.0. The number of pyridine rings is 1. The molecule has 1 aliphatic rings. The fourth-order valence-corrected chi connectivity index (χ4v) is 5.38. The van der Waals surface area contributed by atoms with Crippen molar-refractivity contribution >= 4 is 28.4 Å². The van der Waals surface area contributed by atoms with E-state index in [1.54, 1.807) is 12.4 Å². The number of amides is 2. The van der Waals surface area contributed by atoms with Gasteiger partial charge < -0.3 is 14.8 Å². The highest BCUT2D eigenvalue weighted by molar-refractivity contribution is 6.02. The number of carbonyl (C=O) groups excluding carboxylic acids is 2. The first-order valence-corrected chi connectivity index (χ1v) is 12.6. The molecular weight excluding hydrogens is 448 g/mol. The van der Waals surface area contributed by atoms with Crippen LogP contribution in [0.4, 0.5) is 5.69 Å². The Hall–Kier alpha value is -3.93. The number of anilines is 1. The van der Waals surface area contributed by atoms with Gasteiger partial charge in [0.15, 0.2) is 0 Å². The maximum Gasteiger partial charge on any atom is 0.250 e. The largest absolute Gasteiger partial charge is 0.351 e. The van der Waals surface area contributed by atoms with Crippen molar-refractivity contribution < 1.29 is 9.59 Å². The molecule has 2 heterocycles. The lowest BCUT2D eigenvalue weighted by Crippen LogP contribution is -2.60. The van der Waals surface area contributed by atoms with Crippen LogP contribution in [0.15, 0.2) is 85.3 Å². The average Bonchev–Trinajstić information content (AvgIpc) is 3.28. The fraction of sp³-hybridized carbons (Fsp3) is 0.300. The fourth-order valence-electron chi connectivity index (χ4n) is 5.38. The minimum atomic E-state index is -0.911. The summed E-state index contributed by atoms with van der Waals surface area (Å²) in [5.74, 6) is -0.150. The summed E-state index contributed by atoms with van der Waals surface area (Å²) < 4.78 is 2.06. The van der Waals surface area contributed by atoms with E-state index in [1.165, 1.54) is 0 Å². The third kappa shape index (κ3) is 4.89. The predicted molar refractivity (Wildman–Crippen MR) is 142 cm³/mol. The molecule has 0 unspecified atom stereocenters. The summed E-state index contributed by atoms with van der Waals surface area (Å²) in [6, 6.07) is 21.6. The molecule has 0 saturated heterocycles. The minimum absolute atomic E-state index is 0.0411. The van der Waals surface area contributed by atoms with Gasteiger partial charge in [-0.3, -0.25) is 14.6 Å².